The second kappa shape index (κ2) is 1.98. The fourth-order valence-corrected chi connectivity index (χ4v) is 1.44. The minimum Gasteiger partial charge on any atom is -0.0798 e. The molecule has 2 aliphatic rings. The third kappa shape index (κ3) is 0.688. The zero-order chi connectivity index (χ0) is 6.97. The molecule has 0 aliphatic heterocycles. The quantitative estimate of drug-likeness (QED) is 0.473. The van der Waals surface area contributed by atoms with Gasteiger partial charge in [-0.05, 0) is 24.5 Å². The first-order valence-electron chi connectivity index (χ1n) is 3.63. The van der Waals surface area contributed by atoms with Crippen LogP contribution in [0.25, 0.3) is 0 Å². The molecule has 0 saturated carbocycles. The molecule has 0 nitrogen and oxygen atoms in total. The topological polar surface area (TPSA) is 0 Å². The Bertz CT molecular complexity index is 272. The molecule has 2 rings (SSSR count). The fraction of sp³-hybridized carbons (Fsp3) is 0.200. The first-order chi connectivity index (χ1) is 4.88. The normalized spacial score (nSPS) is 21.5. The molecule has 50 valence electrons. The molecule has 0 spiro atoms. The number of rotatable bonds is 0. The lowest BCUT2D eigenvalue weighted by Crippen LogP contribution is -1.90. The standard InChI is InChI=1S/C10H10/c1-8-4-2-5-9-6-3-7-10(8)9/h2-3,5-7H,4H2,1H3. The van der Waals surface area contributed by atoms with Gasteiger partial charge < -0.3 is 0 Å². The van der Waals surface area contributed by atoms with Crippen molar-refractivity contribution < 1.29 is 0 Å². The van der Waals surface area contributed by atoms with Gasteiger partial charge in [0.1, 0.15) is 0 Å². The van der Waals surface area contributed by atoms with E-state index in [1.165, 1.54) is 16.7 Å². The molecule has 0 heterocycles. The summed E-state index contributed by atoms with van der Waals surface area (Å²) in [5.41, 5.74) is 4.30. The van der Waals surface area contributed by atoms with E-state index in [4.69, 9.17) is 0 Å². The van der Waals surface area contributed by atoms with Gasteiger partial charge in [0.05, 0.1) is 0 Å². The first kappa shape index (κ1) is 5.72. The predicted molar refractivity (Wildman–Crippen MR) is 43.7 cm³/mol. The van der Waals surface area contributed by atoms with Crippen LogP contribution in [0, 0.1) is 0 Å². The minimum absolute atomic E-state index is 1.12. The molecule has 0 amide bonds. The Labute approximate surface area is 61.3 Å². The van der Waals surface area contributed by atoms with Crippen LogP contribution in [0.1, 0.15) is 13.3 Å². The minimum atomic E-state index is 1.12. The molecule has 0 N–H and O–H groups in total. The maximum atomic E-state index is 2.22. The van der Waals surface area contributed by atoms with Crippen LogP contribution in [0.2, 0.25) is 0 Å². The Kier molecular flexibility index (Phi) is 1.13. The molecule has 2 aliphatic carbocycles. The molecule has 0 fully saturated rings. The van der Waals surface area contributed by atoms with Gasteiger partial charge in [0.25, 0.3) is 0 Å². The number of hydrogen-bond donors (Lipinski definition) is 0. The number of fused-ring (bicyclic) bond motifs is 1. The van der Waals surface area contributed by atoms with Gasteiger partial charge in [0.15, 0.2) is 0 Å². The molecule has 0 aromatic carbocycles. The summed E-state index contributed by atoms with van der Waals surface area (Å²) in [6.45, 7) is 2.20. The maximum Gasteiger partial charge on any atom is -0.0129 e. The number of allylic oxidation sites excluding steroid dienone is 8. The van der Waals surface area contributed by atoms with E-state index in [9.17, 15) is 0 Å². The van der Waals surface area contributed by atoms with Crippen molar-refractivity contribution in [2.24, 2.45) is 0 Å². The van der Waals surface area contributed by atoms with Gasteiger partial charge in [0.2, 0.25) is 0 Å². The summed E-state index contributed by atoms with van der Waals surface area (Å²) < 4.78 is 0. The summed E-state index contributed by atoms with van der Waals surface area (Å²) >= 11 is 0. The van der Waals surface area contributed by atoms with Crippen molar-refractivity contribution in [2.45, 2.75) is 13.3 Å². The zero-order valence-corrected chi connectivity index (χ0v) is 6.09. The molecule has 0 aromatic rings. The van der Waals surface area contributed by atoms with Crippen molar-refractivity contribution in [3.05, 3.63) is 47.1 Å². The van der Waals surface area contributed by atoms with E-state index in [0.717, 1.165) is 6.42 Å². The highest BCUT2D eigenvalue weighted by Gasteiger charge is 2.09. The van der Waals surface area contributed by atoms with E-state index in [1.807, 2.05) is 0 Å². The lowest BCUT2D eigenvalue weighted by Gasteiger charge is -2.09. The van der Waals surface area contributed by atoms with Crippen molar-refractivity contribution in [1.29, 1.82) is 0 Å². The third-order valence-corrected chi connectivity index (χ3v) is 2.03. The van der Waals surface area contributed by atoms with Crippen LogP contribution in [0.15, 0.2) is 47.1 Å². The van der Waals surface area contributed by atoms with Crippen LogP contribution in [0.4, 0.5) is 0 Å². The highest BCUT2D eigenvalue weighted by atomic mass is 14.1. The highest BCUT2D eigenvalue weighted by molar-refractivity contribution is 5.57. The van der Waals surface area contributed by atoms with Gasteiger partial charge >= 0.3 is 0 Å². The van der Waals surface area contributed by atoms with Gasteiger partial charge in [-0.1, -0.05) is 36.0 Å². The second-order valence-electron chi connectivity index (χ2n) is 2.78. The zero-order valence-electron chi connectivity index (χ0n) is 6.09. The van der Waals surface area contributed by atoms with E-state index >= 15 is 0 Å². The van der Waals surface area contributed by atoms with E-state index in [1.54, 1.807) is 0 Å². The molecule has 10 heavy (non-hydrogen) atoms. The molecule has 0 aromatic heterocycles. The van der Waals surface area contributed by atoms with Gasteiger partial charge in [-0.3, -0.25) is 0 Å². The van der Waals surface area contributed by atoms with Crippen LogP contribution >= 0.6 is 0 Å². The molecule has 0 bridgehead atoms. The van der Waals surface area contributed by atoms with Crippen molar-refractivity contribution in [3.8, 4) is 0 Å². The molecular weight excluding hydrogens is 120 g/mol. The van der Waals surface area contributed by atoms with Gasteiger partial charge in [-0.25, -0.2) is 0 Å². The number of hydrogen-bond acceptors (Lipinski definition) is 0. The molecule has 0 atom stereocenters. The van der Waals surface area contributed by atoms with E-state index in [0.29, 0.717) is 0 Å². The average Bonchev–Trinajstić information content (AvgIpc) is 2.36. The van der Waals surface area contributed by atoms with Crippen molar-refractivity contribution in [3.63, 3.8) is 0 Å². The third-order valence-electron chi connectivity index (χ3n) is 2.03. The van der Waals surface area contributed by atoms with Crippen LogP contribution in [-0.4, -0.2) is 0 Å². The van der Waals surface area contributed by atoms with Crippen LogP contribution in [0.5, 0.6) is 0 Å². The summed E-state index contributed by atoms with van der Waals surface area (Å²) in [5.74, 6) is 0. The van der Waals surface area contributed by atoms with Crippen LogP contribution < -0.4 is 0 Å². The second-order valence-corrected chi connectivity index (χ2v) is 2.78. The molecule has 0 radical (unpaired) electrons. The van der Waals surface area contributed by atoms with Crippen molar-refractivity contribution in [2.75, 3.05) is 0 Å². The first-order valence-corrected chi connectivity index (χ1v) is 3.63. The SMILES string of the molecule is CC1=C2C=CC=C2C=CC1. The summed E-state index contributed by atoms with van der Waals surface area (Å²) in [6, 6.07) is 0. The Morgan fingerprint density at radius 1 is 1.30 bits per heavy atom. The van der Waals surface area contributed by atoms with E-state index in [-0.39, 0.29) is 0 Å². The molecule has 0 saturated heterocycles. The van der Waals surface area contributed by atoms with E-state index < -0.39 is 0 Å². The maximum absolute atomic E-state index is 2.22. The Morgan fingerprint density at radius 2 is 2.20 bits per heavy atom. The van der Waals surface area contributed by atoms with Gasteiger partial charge in [-0.2, -0.15) is 0 Å². The smallest absolute Gasteiger partial charge is 0.0129 e. The van der Waals surface area contributed by atoms with E-state index in [2.05, 4.69) is 37.3 Å². The molecule has 0 heteroatoms. The van der Waals surface area contributed by atoms with Gasteiger partial charge in [0, 0.05) is 0 Å². The van der Waals surface area contributed by atoms with Gasteiger partial charge in [-0.15, -0.1) is 0 Å². The Morgan fingerprint density at radius 3 is 3.00 bits per heavy atom. The van der Waals surface area contributed by atoms with Crippen LogP contribution in [-0.2, 0) is 0 Å². The van der Waals surface area contributed by atoms with Crippen LogP contribution in [0.3, 0.4) is 0 Å². The Balaban J connectivity index is 2.52. The average molecular weight is 130 g/mol. The lowest BCUT2D eigenvalue weighted by molar-refractivity contribution is 1.15. The molecule has 0 unspecified atom stereocenters. The largest absolute Gasteiger partial charge is 0.0798 e. The monoisotopic (exact) mass is 130 g/mol. The highest BCUT2D eigenvalue weighted by Crippen LogP contribution is 2.28. The molecular formula is C10H10. The summed E-state index contributed by atoms with van der Waals surface area (Å²) in [6.07, 6.45) is 12.0. The predicted octanol–water partition coefficient (Wildman–Crippen LogP) is 2.76. The summed E-state index contributed by atoms with van der Waals surface area (Å²) in [4.78, 5) is 0. The van der Waals surface area contributed by atoms with Crippen molar-refractivity contribution >= 4 is 0 Å². The lowest BCUT2D eigenvalue weighted by atomic mass is 9.96. The fourth-order valence-electron chi connectivity index (χ4n) is 1.44. The summed E-state index contributed by atoms with van der Waals surface area (Å²) in [5, 5.41) is 0. The Hall–Kier alpha value is -1.04. The van der Waals surface area contributed by atoms with Crippen molar-refractivity contribution in [1.82, 2.24) is 0 Å². The summed E-state index contributed by atoms with van der Waals surface area (Å²) in [7, 11) is 0.